The fourth-order valence-corrected chi connectivity index (χ4v) is 6.76. The van der Waals surface area contributed by atoms with Gasteiger partial charge in [-0.3, -0.25) is 0 Å². The lowest BCUT2D eigenvalue weighted by Gasteiger charge is -2.38. The minimum absolute atomic E-state index is 1.22. The summed E-state index contributed by atoms with van der Waals surface area (Å²) in [6, 6.07) is 0. The summed E-state index contributed by atoms with van der Waals surface area (Å²) in [5.41, 5.74) is 0. The number of hydrogen-bond acceptors (Lipinski definition) is 0. The maximum absolute atomic E-state index is 2.60. The van der Waals surface area contributed by atoms with Crippen LogP contribution < -0.4 is 0 Å². The maximum Gasteiger partial charge on any atom is 0.0839 e. The van der Waals surface area contributed by atoms with Gasteiger partial charge in [-0.1, -0.05) is 117 Å². The Morgan fingerprint density at radius 3 is 0.780 bits per heavy atom. The van der Waals surface area contributed by atoms with Crippen molar-refractivity contribution in [3.05, 3.63) is 0 Å². The molecule has 0 aromatic heterocycles. The van der Waals surface area contributed by atoms with Gasteiger partial charge in [-0.05, 0) is 38.5 Å². The average Bonchev–Trinajstić information content (AvgIpc) is 2.91. The van der Waals surface area contributed by atoms with Gasteiger partial charge in [0.25, 0.3) is 0 Å². The van der Waals surface area contributed by atoms with Crippen molar-refractivity contribution in [2.45, 2.75) is 168 Å². The third-order valence-corrected chi connectivity index (χ3v) is 9.96. The smallest absolute Gasteiger partial charge is 0.0839 e. The number of quaternary nitrogens is 3. The van der Waals surface area contributed by atoms with Gasteiger partial charge in [-0.15, -0.1) is 0 Å². The van der Waals surface area contributed by atoms with E-state index in [2.05, 4.69) is 56.0 Å². The third-order valence-electron chi connectivity index (χ3n) is 9.96. The highest BCUT2D eigenvalue weighted by Crippen LogP contribution is 2.16. The van der Waals surface area contributed by atoms with Crippen molar-refractivity contribution in [1.29, 1.82) is 0 Å². The van der Waals surface area contributed by atoms with Crippen molar-refractivity contribution in [1.82, 2.24) is 0 Å². The fourth-order valence-electron chi connectivity index (χ4n) is 6.76. The summed E-state index contributed by atoms with van der Waals surface area (Å²) in [7, 11) is 12.6. The molecule has 0 amide bonds. The minimum atomic E-state index is 1.22. The van der Waals surface area contributed by atoms with Crippen molar-refractivity contribution in [3.8, 4) is 0 Å². The zero-order chi connectivity index (χ0) is 30.7. The minimum Gasteiger partial charge on any atom is -0.328 e. The predicted molar refractivity (Wildman–Crippen MR) is 188 cm³/mol. The lowest BCUT2D eigenvalue weighted by atomic mass is 10.1. The van der Waals surface area contributed by atoms with Gasteiger partial charge in [-0.2, -0.15) is 0 Å². The Morgan fingerprint density at radius 2 is 0.463 bits per heavy atom. The van der Waals surface area contributed by atoms with E-state index in [0.717, 1.165) is 0 Å². The molecule has 0 aliphatic carbocycles. The molecule has 3 heteroatoms. The average molecular weight is 583 g/mol. The van der Waals surface area contributed by atoms with E-state index in [-0.39, 0.29) is 0 Å². The summed E-state index contributed by atoms with van der Waals surface area (Å²) >= 11 is 0. The van der Waals surface area contributed by atoms with Crippen LogP contribution in [0.2, 0.25) is 0 Å². The van der Waals surface area contributed by atoms with Gasteiger partial charge < -0.3 is 13.4 Å². The lowest BCUT2D eigenvalue weighted by molar-refractivity contribution is -0.928. The number of hydrogen-bond donors (Lipinski definition) is 0. The maximum atomic E-state index is 2.60. The van der Waals surface area contributed by atoms with Crippen molar-refractivity contribution >= 4 is 0 Å². The van der Waals surface area contributed by atoms with E-state index < -0.39 is 0 Å². The largest absolute Gasteiger partial charge is 0.328 e. The third kappa shape index (κ3) is 27.2. The predicted octanol–water partition coefficient (Wildman–Crippen LogP) is 10.6. The van der Waals surface area contributed by atoms with Crippen LogP contribution in [0.25, 0.3) is 0 Å². The van der Waals surface area contributed by atoms with E-state index in [1.165, 1.54) is 207 Å². The second-order valence-corrected chi connectivity index (χ2v) is 15.6. The molecule has 0 radical (unpaired) electrons. The van der Waals surface area contributed by atoms with Crippen molar-refractivity contribution in [3.63, 3.8) is 0 Å². The van der Waals surface area contributed by atoms with Gasteiger partial charge in [0.05, 0.1) is 81.1 Å². The Morgan fingerprint density at radius 1 is 0.244 bits per heavy atom. The normalized spacial score (nSPS) is 12.9. The molecule has 0 aliphatic heterocycles. The first kappa shape index (κ1) is 40.9. The number of rotatable bonds is 32. The van der Waals surface area contributed by atoms with Crippen LogP contribution in [0.15, 0.2) is 0 Å². The monoisotopic (exact) mass is 583 g/mol. The molecule has 0 rings (SSSR count). The standard InChI is InChI=1S/C38H84N3/c1-9-12-15-18-21-24-27-32-39(4,5)34-30-37-41(8,36-29-26-23-20-17-14-11-3)38-31-35-40(6,7)33-28-25-22-19-16-13-10-2/h9-38H2,1-8H3/q+3. The van der Waals surface area contributed by atoms with Crippen LogP contribution in [0, 0.1) is 0 Å². The van der Waals surface area contributed by atoms with Gasteiger partial charge >= 0.3 is 0 Å². The molecule has 0 N–H and O–H groups in total. The van der Waals surface area contributed by atoms with E-state index in [1.807, 2.05) is 0 Å². The lowest BCUT2D eigenvalue weighted by Crippen LogP contribution is -2.50. The molecule has 0 aromatic rings. The van der Waals surface area contributed by atoms with E-state index in [0.29, 0.717) is 0 Å². The highest BCUT2D eigenvalue weighted by atomic mass is 15.4. The van der Waals surface area contributed by atoms with E-state index in [4.69, 9.17) is 0 Å². The number of nitrogens with zero attached hydrogens (tertiary/aromatic N) is 3. The first-order valence-corrected chi connectivity index (χ1v) is 19.1. The quantitative estimate of drug-likeness (QED) is 0.0546. The second kappa shape index (κ2) is 26.3. The zero-order valence-electron chi connectivity index (χ0n) is 30.6. The van der Waals surface area contributed by atoms with E-state index in [9.17, 15) is 0 Å². The Kier molecular flexibility index (Phi) is 26.2. The Labute approximate surface area is 262 Å². The molecule has 0 bridgehead atoms. The molecular formula is C38H84N3+3. The summed E-state index contributed by atoms with van der Waals surface area (Å²) in [4.78, 5) is 0. The van der Waals surface area contributed by atoms with Crippen molar-refractivity contribution < 1.29 is 13.4 Å². The van der Waals surface area contributed by atoms with Gasteiger partial charge in [0.15, 0.2) is 0 Å². The second-order valence-electron chi connectivity index (χ2n) is 15.6. The summed E-state index contributed by atoms with van der Waals surface area (Å²) in [5.74, 6) is 0. The molecule has 0 heterocycles. The van der Waals surface area contributed by atoms with Crippen LogP contribution in [0.4, 0.5) is 0 Å². The Hall–Kier alpha value is -0.120. The zero-order valence-corrected chi connectivity index (χ0v) is 30.6. The van der Waals surface area contributed by atoms with Crippen molar-refractivity contribution in [2.75, 3.05) is 81.1 Å². The van der Waals surface area contributed by atoms with Crippen molar-refractivity contribution in [2.24, 2.45) is 0 Å². The first-order valence-electron chi connectivity index (χ1n) is 19.1. The molecule has 0 aliphatic rings. The highest BCUT2D eigenvalue weighted by Gasteiger charge is 2.25. The topological polar surface area (TPSA) is 0 Å². The SMILES string of the molecule is CCCCCCCCC[N+](C)(C)CCC[N+](C)(CCCCCCCCC)CCC[N+](C)(C)CCCCCCCCC. The van der Waals surface area contributed by atoms with Crippen LogP contribution in [-0.4, -0.2) is 94.5 Å². The molecular weight excluding hydrogens is 498 g/mol. The van der Waals surface area contributed by atoms with E-state index in [1.54, 1.807) is 0 Å². The summed E-state index contributed by atoms with van der Waals surface area (Å²) in [5, 5.41) is 0. The Balaban J connectivity index is 4.56. The summed E-state index contributed by atoms with van der Waals surface area (Å²) < 4.78 is 3.74. The number of unbranched alkanes of at least 4 members (excludes halogenated alkanes) is 18. The molecule has 0 fully saturated rings. The highest BCUT2D eigenvalue weighted by molar-refractivity contribution is 4.51. The molecule has 41 heavy (non-hydrogen) atoms. The molecule has 3 nitrogen and oxygen atoms in total. The fraction of sp³-hybridized carbons (Fsp3) is 1.00. The first-order chi connectivity index (χ1) is 19.6. The van der Waals surface area contributed by atoms with Gasteiger partial charge in [-0.25, -0.2) is 0 Å². The summed E-state index contributed by atoms with van der Waals surface area (Å²) in [6.07, 6.45) is 32.7. The van der Waals surface area contributed by atoms with Crippen LogP contribution in [0.1, 0.15) is 168 Å². The van der Waals surface area contributed by atoms with Gasteiger partial charge in [0, 0.05) is 12.8 Å². The molecule has 248 valence electrons. The molecule has 0 saturated carbocycles. The molecule has 0 saturated heterocycles. The van der Waals surface area contributed by atoms with Crippen LogP contribution in [-0.2, 0) is 0 Å². The molecule has 0 atom stereocenters. The van der Waals surface area contributed by atoms with Crippen LogP contribution in [0.5, 0.6) is 0 Å². The molecule has 0 spiro atoms. The molecule has 0 aromatic carbocycles. The molecule has 0 unspecified atom stereocenters. The van der Waals surface area contributed by atoms with Crippen LogP contribution in [0.3, 0.4) is 0 Å². The Bertz CT molecular complexity index is 506. The van der Waals surface area contributed by atoms with Gasteiger partial charge in [0.1, 0.15) is 0 Å². The van der Waals surface area contributed by atoms with E-state index >= 15 is 0 Å². The summed E-state index contributed by atoms with van der Waals surface area (Å²) in [6.45, 7) is 16.5. The van der Waals surface area contributed by atoms with Crippen LogP contribution >= 0.6 is 0 Å². The van der Waals surface area contributed by atoms with Gasteiger partial charge in [0.2, 0.25) is 0 Å².